The Balaban J connectivity index is 1.73. The third-order valence-corrected chi connectivity index (χ3v) is 15.4. The fraction of sp³-hybridized carbons (Fsp3) is 0.661. The van der Waals surface area contributed by atoms with Crippen LogP contribution >= 0.6 is 0 Å². The minimum atomic E-state index is -0.952. The number of nitrogens with one attached hydrogen (secondary N) is 6. The Kier molecular flexibility index (Phi) is 28.6. The molecule has 0 radical (unpaired) electrons. The SMILES string of the molecule is CCC(C)C(C(CC(=O)N1CCCC1C(OC)C(C)C(=O)N[C@@H](Cc1ccccc1)C(=O)NCCc1ccc(NC(=O)C(CCCNC(N)=O)NC(=O)[C@H](N)C(C)C)cc1)OC)N(C)C(=O)[C@@H](NC(=O)C(C(C)C)N(C)C)C(C)C. The number of primary amides is 1. The molecular formula is C59H97N11O10. The molecule has 0 aromatic heterocycles. The van der Waals surface area contributed by atoms with E-state index in [9.17, 15) is 38.4 Å². The van der Waals surface area contributed by atoms with Crippen LogP contribution in [0.15, 0.2) is 54.6 Å². The quantitative estimate of drug-likeness (QED) is 0.0477. The van der Waals surface area contributed by atoms with Crippen molar-refractivity contribution in [2.24, 2.45) is 41.1 Å². The lowest BCUT2D eigenvalue weighted by molar-refractivity contribution is -0.148. The van der Waals surface area contributed by atoms with Gasteiger partial charge in [-0.25, -0.2) is 4.79 Å². The Labute approximate surface area is 475 Å². The van der Waals surface area contributed by atoms with Gasteiger partial charge in [0, 0.05) is 53.0 Å². The molecule has 2 aromatic carbocycles. The normalized spacial score (nSPS) is 17.3. The van der Waals surface area contributed by atoms with E-state index in [2.05, 4.69) is 31.9 Å². The molecule has 21 nitrogen and oxygen atoms in total. The molecule has 3 rings (SSSR count). The van der Waals surface area contributed by atoms with Gasteiger partial charge in [0.15, 0.2) is 0 Å². The van der Waals surface area contributed by atoms with E-state index >= 15 is 0 Å². The minimum absolute atomic E-state index is 0.00958. The zero-order valence-electron chi connectivity index (χ0n) is 50.1. The summed E-state index contributed by atoms with van der Waals surface area (Å²) in [5.41, 5.74) is 13.4. The van der Waals surface area contributed by atoms with Crippen molar-refractivity contribution in [1.82, 2.24) is 41.3 Å². The molecule has 0 bridgehead atoms. The first kappa shape index (κ1) is 68.1. The summed E-state index contributed by atoms with van der Waals surface area (Å²) in [4.78, 5) is 114. The van der Waals surface area contributed by atoms with Gasteiger partial charge in [0.1, 0.15) is 18.1 Å². The molecule has 8 unspecified atom stereocenters. The molecule has 9 amide bonds. The van der Waals surface area contributed by atoms with Crippen LogP contribution in [-0.4, -0.2) is 172 Å². The number of amides is 9. The first-order valence-electron chi connectivity index (χ1n) is 28.5. The molecule has 0 spiro atoms. The maximum atomic E-state index is 14.5. The Morgan fingerprint density at radius 1 is 0.713 bits per heavy atom. The average Bonchev–Trinajstić information content (AvgIpc) is 3.90. The second-order valence-electron chi connectivity index (χ2n) is 22.7. The number of hydrogen-bond donors (Lipinski definition) is 8. The summed E-state index contributed by atoms with van der Waals surface area (Å²) in [6.07, 6.45) is 1.73. The lowest BCUT2D eigenvalue weighted by Gasteiger charge is -2.41. The second kappa shape index (κ2) is 33.6. The number of benzene rings is 2. The molecule has 1 aliphatic heterocycles. The van der Waals surface area contributed by atoms with E-state index < -0.39 is 84.2 Å². The molecule has 10 N–H and O–H groups in total. The van der Waals surface area contributed by atoms with Crippen LogP contribution < -0.4 is 43.4 Å². The van der Waals surface area contributed by atoms with Gasteiger partial charge in [-0.1, -0.05) is 111 Å². The lowest BCUT2D eigenvalue weighted by atomic mass is 9.89. The van der Waals surface area contributed by atoms with Crippen molar-refractivity contribution >= 4 is 53.1 Å². The number of anilines is 1. The number of urea groups is 1. The van der Waals surface area contributed by atoms with Crippen LogP contribution in [0, 0.1) is 29.6 Å². The van der Waals surface area contributed by atoms with E-state index in [1.54, 1.807) is 56.9 Å². The van der Waals surface area contributed by atoms with Gasteiger partial charge in [-0.2, -0.15) is 0 Å². The van der Waals surface area contributed by atoms with Gasteiger partial charge in [-0.3, -0.25) is 38.5 Å². The number of likely N-dealkylation sites (tertiary alicyclic amines) is 1. The molecule has 448 valence electrons. The van der Waals surface area contributed by atoms with Crippen LogP contribution in [0.3, 0.4) is 0 Å². The van der Waals surface area contributed by atoms with Gasteiger partial charge in [0.25, 0.3) is 0 Å². The summed E-state index contributed by atoms with van der Waals surface area (Å²) in [5, 5.41) is 17.1. The lowest BCUT2D eigenvalue weighted by Crippen LogP contribution is -2.59. The van der Waals surface area contributed by atoms with Crippen LogP contribution in [-0.2, 0) is 55.9 Å². The monoisotopic (exact) mass is 1120 g/mol. The second-order valence-corrected chi connectivity index (χ2v) is 22.7. The maximum absolute atomic E-state index is 14.5. The van der Waals surface area contributed by atoms with Crippen molar-refractivity contribution in [3.8, 4) is 0 Å². The summed E-state index contributed by atoms with van der Waals surface area (Å²) in [6.45, 7) is 18.0. The van der Waals surface area contributed by atoms with Crippen LogP contribution in [0.4, 0.5) is 10.5 Å². The van der Waals surface area contributed by atoms with Gasteiger partial charge >= 0.3 is 6.03 Å². The molecule has 80 heavy (non-hydrogen) atoms. The van der Waals surface area contributed by atoms with E-state index in [4.69, 9.17) is 20.9 Å². The Hall–Kier alpha value is -6.16. The summed E-state index contributed by atoms with van der Waals surface area (Å²) >= 11 is 0. The molecule has 1 aliphatic rings. The largest absolute Gasteiger partial charge is 0.379 e. The zero-order chi connectivity index (χ0) is 60.0. The fourth-order valence-corrected chi connectivity index (χ4v) is 10.6. The maximum Gasteiger partial charge on any atom is 0.312 e. The Morgan fingerprint density at radius 3 is 1.90 bits per heavy atom. The summed E-state index contributed by atoms with van der Waals surface area (Å²) in [5.74, 6) is -3.66. The third-order valence-electron chi connectivity index (χ3n) is 15.4. The molecule has 21 heteroatoms. The molecule has 1 fully saturated rings. The van der Waals surface area contributed by atoms with Crippen molar-refractivity contribution in [1.29, 1.82) is 0 Å². The molecule has 0 saturated carbocycles. The van der Waals surface area contributed by atoms with Gasteiger partial charge in [0.2, 0.25) is 41.4 Å². The standard InChI is InChI=1S/C59H97N11O10/c1-15-38(8)51(69(12)58(77)49(36(4)5)67-57(76)50(37(6)7)68(10)11)46(79-13)34-47(71)70-32-20-24-45(70)52(80-14)39(9)53(72)66-44(33-41-21-17-16-18-22-41)54(73)62-31-29-40-25-27-42(28-26-40)64-55(74)43(23-19-30-63-59(61)78)65-56(75)48(60)35(2)3/h16-18,21-22,25-28,35-39,43-46,48-52H,15,19-20,23-24,29-34,60H2,1-14H3,(H,62,73)(H,64,74)(H,65,75)(H,66,72)(H,67,76)(H3,61,63,78)/t38?,39?,43?,44-,45?,46?,48+,49-,50?,51?,52?/m0/s1. The highest BCUT2D eigenvalue weighted by Crippen LogP contribution is 2.30. The zero-order valence-corrected chi connectivity index (χ0v) is 50.1. The number of rotatable bonds is 33. The third kappa shape index (κ3) is 20.4. The molecule has 0 aliphatic carbocycles. The van der Waals surface area contributed by atoms with Crippen LogP contribution in [0.1, 0.15) is 112 Å². The number of carbonyl (C=O) groups is 8. The molecule has 1 saturated heterocycles. The number of hydrogen-bond acceptors (Lipinski definition) is 12. The van der Waals surface area contributed by atoms with E-state index in [0.717, 1.165) is 11.1 Å². The van der Waals surface area contributed by atoms with E-state index in [1.165, 1.54) is 7.11 Å². The Bertz CT molecular complexity index is 2290. The van der Waals surface area contributed by atoms with E-state index in [-0.39, 0.29) is 79.7 Å². The first-order valence-corrected chi connectivity index (χ1v) is 28.5. The minimum Gasteiger partial charge on any atom is -0.379 e. The molecule has 2 aromatic rings. The van der Waals surface area contributed by atoms with E-state index in [0.29, 0.717) is 44.3 Å². The fourth-order valence-electron chi connectivity index (χ4n) is 10.6. The van der Waals surface area contributed by atoms with Crippen LogP contribution in [0.2, 0.25) is 0 Å². The van der Waals surface area contributed by atoms with Crippen LogP contribution in [0.25, 0.3) is 0 Å². The highest BCUT2D eigenvalue weighted by molar-refractivity contribution is 5.98. The topological polar surface area (TPSA) is 289 Å². The van der Waals surface area contributed by atoms with Gasteiger partial charge in [0.05, 0.1) is 48.7 Å². The molecular weight excluding hydrogens is 1020 g/mol. The number of likely N-dealkylation sites (N-methyl/N-ethyl adjacent to an activating group) is 2. The van der Waals surface area contributed by atoms with Crippen molar-refractivity contribution in [2.45, 2.75) is 168 Å². The van der Waals surface area contributed by atoms with Crippen LogP contribution in [0.5, 0.6) is 0 Å². The number of nitrogens with zero attached hydrogens (tertiary/aromatic N) is 3. The van der Waals surface area contributed by atoms with Crippen molar-refractivity contribution in [3.05, 3.63) is 65.7 Å². The number of nitrogens with two attached hydrogens (primary N) is 2. The Morgan fingerprint density at radius 2 is 1.35 bits per heavy atom. The number of methoxy groups -OCH3 is 2. The summed E-state index contributed by atoms with van der Waals surface area (Å²) in [6, 6.07) is 10.8. The van der Waals surface area contributed by atoms with Crippen molar-refractivity contribution in [2.75, 3.05) is 60.3 Å². The molecule has 11 atom stereocenters. The summed E-state index contributed by atoms with van der Waals surface area (Å²) in [7, 11) is 8.46. The highest BCUT2D eigenvalue weighted by atomic mass is 16.5. The number of ether oxygens (including phenoxy) is 2. The highest BCUT2D eigenvalue weighted by Gasteiger charge is 2.44. The van der Waals surface area contributed by atoms with Crippen molar-refractivity contribution < 1.29 is 47.8 Å². The smallest absolute Gasteiger partial charge is 0.312 e. The van der Waals surface area contributed by atoms with Gasteiger partial charge in [-0.15, -0.1) is 0 Å². The average molecular weight is 1120 g/mol. The van der Waals surface area contributed by atoms with E-state index in [1.807, 2.05) is 103 Å². The number of carbonyl (C=O) groups excluding carboxylic acids is 8. The predicted molar refractivity (Wildman–Crippen MR) is 311 cm³/mol. The van der Waals surface area contributed by atoms with Crippen molar-refractivity contribution in [3.63, 3.8) is 0 Å². The summed E-state index contributed by atoms with van der Waals surface area (Å²) < 4.78 is 12.2. The van der Waals surface area contributed by atoms with Gasteiger partial charge in [-0.05, 0) is 93.1 Å². The predicted octanol–water partition coefficient (Wildman–Crippen LogP) is 3.58. The van der Waals surface area contributed by atoms with Gasteiger partial charge < -0.3 is 62.6 Å². The molecule has 1 heterocycles. The first-order chi connectivity index (χ1) is 37.8.